The van der Waals surface area contributed by atoms with Crippen LogP contribution >= 0.6 is 0 Å². The van der Waals surface area contributed by atoms with Gasteiger partial charge in [-0.05, 0) is 71.1 Å². The molecule has 2 heterocycles. The van der Waals surface area contributed by atoms with Crippen molar-refractivity contribution in [3.63, 3.8) is 0 Å². The molecule has 0 bridgehead atoms. The molecule has 40 heavy (non-hydrogen) atoms. The molecule has 0 aliphatic heterocycles. The van der Waals surface area contributed by atoms with Gasteiger partial charge in [-0.1, -0.05) is 96.1 Å². The van der Waals surface area contributed by atoms with Gasteiger partial charge in [0.25, 0.3) is 0 Å². The van der Waals surface area contributed by atoms with Gasteiger partial charge in [-0.2, -0.15) is 0 Å². The van der Waals surface area contributed by atoms with Crippen LogP contribution in [0.15, 0.2) is 109 Å². The van der Waals surface area contributed by atoms with Gasteiger partial charge in [0.15, 0.2) is 0 Å². The van der Waals surface area contributed by atoms with Gasteiger partial charge < -0.3 is 9.13 Å². The summed E-state index contributed by atoms with van der Waals surface area (Å²) in [6, 6.07) is 40.7. The monoisotopic (exact) mass is 514 g/mol. The van der Waals surface area contributed by atoms with Gasteiger partial charge in [0, 0.05) is 57.7 Å². The van der Waals surface area contributed by atoms with Gasteiger partial charge in [-0.15, -0.1) is 0 Å². The maximum Gasteiger partial charge on any atom is 0.0495 e. The first-order chi connectivity index (χ1) is 19.5. The summed E-state index contributed by atoms with van der Waals surface area (Å²) in [6.07, 6.45) is 0. The van der Waals surface area contributed by atoms with Crippen LogP contribution in [0.4, 0.5) is 0 Å². The third kappa shape index (κ3) is 3.23. The first-order valence-electron chi connectivity index (χ1n) is 14.0. The van der Waals surface area contributed by atoms with E-state index in [4.69, 9.17) is 0 Å². The van der Waals surface area contributed by atoms with Gasteiger partial charge in [0.2, 0.25) is 0 Å². The van der Waals surface area contributed by atoms with Crippen LogP contribution in [0.2, 0.25) is 0 Å². The minimum atomic E-state index is 1.25. The Morgan fingerprint density at radius 1 is 0.350 bits per heavy atom. The lowest BCUT2D eigenvalue weighted by Crippen LogP contribution is -1.88. The van der Waals surface area contributed by atoms with Crippen molar-refractivity contribution < 1.29 is 0 Å². The molecular weight excluding hydrogens is 484 g/mol. The van der Waals surface area contributed by atoms with Gasteiger partial charge in [-0.25, -0.2) is 0 Å². The van der Waals surface area contributed by atoms with Crippen molar-refractivity contribution in [1.29, 1.82) is 0 Å². The number of fused-ring (bicyclic) bond motifs is 9. The second-order valence-electron chi connectivity index (χ2n) is 11.3. The fraction of sp³-hybridized carbons (Fsp3) is 0.105. The predicted molar refractivity (Wildman–Crippen MR) is 172 cm³/mol. The fourth-order valence-electron chi connectivity index (χ4n) is 6.66. The standard InChI is InChI=1S/C38H30N2/c1-23-5-9-25(10-6-23)27-13-15-31-35(21-27)39(3)33-19-17-30-29(37(31)33)18-20-34-38(30)32-16-14-28(22-36(32)40(34)4)26-11-7-24(2)8-12-26/h5-22H,1-4H3. The lowest BCUT2D eigenvalue weighted by Gasteiger charge is -2.05. The van der Waals surface area contributed by atoms with Gasteiger partial charge in [0.05, 0.1) is 0 Å². The van der Waals surface area contributed by atoms with Crippen molar-refractivity contribution in [2.75, 3.05) is 0 Å². The summed E-state index contributed by atoms with van der Waals surface area (Å²) in [5, 5.41) is 7.91. The van der Waals surface area contributed by atoms with E-state index in [2.05, 4.69) is 146 Å². The molecule has 0 N–H and O–H groups in total. The molecule has 2 nitrogen and oxygen atoms in total. The topological polar surface area (TPSA) is 9.86 Å². The maximum absolute atomic E-state index is 2.35. The average Bonchev–Trinajstić information content (AvgIpc) is 3.44. The predicted octanol–water partition coefficient (Wildman–Crippen LogP) is 10.1. The highest BCUT2D eigenvalue weighted by molar-refractivity contribution is 6.29. The number of aromatic nitrogens is 2. The minimum absolute atomic E-state index is 1.25. The first-order valence-corrected chi connectivity index (χ1v) is 14.0. The van der Waals surface area contributed by atoms with Crippen LogP contribution < -0.4 is 0 Å². The van der Waals surface area contributed by atoms with E-state index >= 15 is 0 Å². The van der Waals surface area contributed by atoms with Crippen molar-refractivity contribution in [3.8, 4) is 22.3 Å². The van der Waals surface area contributed by atoms with Gasteiger partial charge in [-0.3, -0.25) is 0 Å². The Morgan fingerprint density at radius 3 is 1.10 bits per heavy atom. The van der Waals surface area contributed by atoms with Gasteiger partial charge >= 0.3 is 0 Å². The van der Waals surface area contributed by atoms with Crippen LogP contribution in [-0.4, -0.2) is 9.13 Å². The Morgan fingerprint density at radius 2 is 0.700 bits per heavy atom. The summed E-state index contributed by atoms with van der Waals surface area (Å²) in [5.74, 6) is 0. The number of hydrogen-bond acceptors (Lipinski definition) is 0. The van der Waals surface area contributed by atoms with Crippen molar-refractivity contribution in [2.45, 2.75) is 13.8 Å². The molecule has 0 aliphatic rings. The second kappa shape index (κ2) is 8.34. The van der Waals surface area contributed by atoms with Crippen LogP contribution in [0.5, 0.6) is 0 Å². The van der Waals surface area contributed by atoms with E-state index in [0.717, 1.165) is 0 Å². The molecule has 2 heteroatoms. The highest BCUT2D eigenvalue weighted by Gasteiger charge is 2.17. The summed E-state index contributed by atoms with van der Waals surface area (Å²) in [5.41, 5.74) is 12.7. The average molecular weight is 515 g/mol. The maximum atomic E-state index is 2.35. The number of benzene rings is 6. The smallest absolute Gasteiger partial charge is 0.0495 e. The lowest BCUT2D eigenvalue weighted by molar-refractivity contribution is 1.01. The minimum Gasteiger partial charge on any atom is -0.344 e. The largest absolute Gasteiger partial charge is 0.344 e. The van der Waals surface area contributed by atoms with Crippen LogP contribution in [0.25, 0.3) is 76.6 Å². The molecule has 0 fully saturated rings. The fourth-order valence-corrected chi connectivity index (χ4v) is 6.66. The molecule has 0 atom stereocenters. The SMILES string of the molecule is Cc1ccc(-c2ccc3c4c5ccc6c(c5ccc4n(C)c3c2)c2ccc(-c3ccc(C)cc3)cc2n6C)cc1. The van der Waals surface area contributed by atoms with Crippen molar-refractivity contribution in [2.24, 2.45) is 14.1 Å². The van der Waals surface area contributed by atoms with E-state index in [0.29, 0.717) is 0 Å². The number of aryl methyl sites for hydroxylation is 4. The third-order valence-electron chi connectivity index (χ3n) is 8.91. The van der Waals surface area contributed by atoms with Crippen molar-refractivity contribution in [1.82, 2.24) is 9.13 Å². The molecule has 0 saturated heterocycles. The molecule has 192 valence electrons. The van der Waals surface area contributed by atoms with E-state index in [9.17, 15) is 0 Å². The second-order valence-corrected chi connectivity index (χ2v) is 11.3. The summed E-state index contributed by atoms with van der Waals surface area (Å²) in [6.45, 7) is 4.27. The van der Waals surface area contributed by atoms with Crippen LogP contribution in [0.3, 0.4) is 0 Å². The van der Waals surface area contributed by atoms with Crippen LogP contribution in [0, 0.1) is 13.8 Å². The lowest BCUT2D eigenvalue weighted by atomic mass is 9.97. The molecule has 8 aromatic rings. The molecule has 6 aromatic carbocycles. The number of nitrogens with zero attached hydrogens (tertiary/aromatic N) is 2. The molecule has 0 aliphatic carbocycles. The highest BCUT2D eigenvalue weighted by atomic mass is 14.9. The van der Waals surface area contributed by atoms with Gasteiger partial charge in [0.1, 0.15) is 0 Å². The van der Waals surface area contributed by atoms with Crippen LogP contribution in [0.1, 0.15) is 11.1 Å². The van der Waals surface area contributed by atoms with E-state index in [1.54, 1.807) is 0 Å². The molecule has 8 rings (SSSR count). The Balaban J connectivity index is 1.38. The van der Waals surface area contributed by atoms with Crippen molar-refractivity contribution in [3.05, 3.63) is 120 Å². The molecule has 0 saturated carbocycles. The van der Waals surface area contributed by atoms with E-state index in [1.165, 1.54) is 87.8 Å². The Bertz CT molecular complexity index is 2110. The van der Waals surface area contributed by atoms with E-state index in [-0.39, 0.29) is 0 Å². The van der Waals surface area contributed by atoms with E-state index in [1.807, 2.05) is 0 Å². The first kappa shape index (κ1) is 23.1. The normalized spacial score (nSPS) is 12.0. The Labute approximate surface area is 233 Å². The summed E-state index contributed by atoms with van der Waals surface area (Å²) in [4.78, 5) is 0. The zero-order valence-corrected chi connectivity index (χ0v) is 23.3. The number of rotatable bonds is 2. The summed E-state index contributed by atoms with van der Waals surface area (Å²) >= 11 is 0. The molecule has 0 radical (unpaired) electrons. The Kier molecular flexibility index (Phi) is 4.82. The third-order valence-corrected chi connectivity index (χ3v) is 8.91. The molecule has 0 unspecified atom stereocenters. The quantitative estimate of drug-likeness (QED) is 0.217. The Hall–Kier alpha value is -4.82. The molecule has 2 aromatic heterocycles. The zero-order chi connectivity index (χ0) is 27.1. The summed E-state index contributed by atoms with van der Waals surface area (Å²) in [7, 11) is 4.39. The zero-order valence-electron chi connectivity index (χ0n) is 23.3. The van der Waals surface area contributed by atoms with E-state index < -0.39 is 0 Å². The van der Waals surface area contributed by atoms with Crippen LogP contribution in [-0.2, 0) is 14.1 Å². The highest BCUT2D eigenvalue weighted by Crippen LogP contribution is 2.41. The van der Waals surface area contributed by atoms with Crippen molar-refractivity contribution >= 4 is 54.4 Å². The molecule has 0 spiro atoms. The molecule has 0 amide bonds. The number of hydrogen-bond donors (Lipinski definition) is 0. The summed E-state index contributed by atoms with van der Waals surface area (Å²) < 4.78 is 4.70. The molecular formula is C38H30N2.